The van der Waals surface area contributed by atoms with Gasteiger partial charge in [0, 0.05) is 17.6 Å². The maximum Gasteiger partial charge on any atom is 0.272 e. The topological polar surface area (TPSA) is 66.9 Å². The van der Waals surface area contributed by atoms with Crippen molar-refractivity contribution in [3.8, 4) is 0 Å². The Balaban J connectivity index is 1.59. The number of hydrogen-bond acceptors (Lipinski definition) is 4. The summed E-state index contributed by atoms with van der Waals surface area (Å²) in [5, 5.41) is 14.7. The van der Waals surface area contributed by atoms with Crippen LogP contribution in [0, 0.1) is 0 Å². The van der Waals surface area contributed by atoms with Crippen molar-refractivity contribution >= 4 is 23.3 Å². The van der Waals surface area contributed by atoms with E-state index in [4.69, 9.17) is 11.6 Å². The van der Waals surface area contributed by atoms with E-state index in [0.29, 0.717) is 29.1 Å². The first-order chi connectivity index (χ1) is 10.2. The minimum atomic E-state index is -0.164. The van der Waals surface area contributed by atoms with Gasteiger partial charge in [-0.3, -0.25) is 4.79 Å². The molecule has 5 nitrogen and oxygen atoms in total. The summed E-state index contributed by atoms with van der Waals surface area (Å²) >= 11 is 6.08. The Morgan fingerprint density at radius 3 is 2.67 bits per heavy atom. The van der Waals surface area contributed by atoms with Gasteiger partial charge >= 0.3 is 0 Å². The zero-order chi connectivity index (χ0) is 14.7. The molecule has 0 bridgehead atoms. The Hall–Kier alpha value is -2.14. The van der Waals surface area contributed by atoms with Crippen LogP contribution in [0.4, 0.5) is 5.82 Å². The maximum absolute atomic E-state index is 11.8. The molecular weight excluding hydrogens is 288 g/mol. The van der Waals surface area contributed by atoms with Crippen molar-refractivity contribution < 1.29 is 4.79 Å². The zero-order valence-electron chi connectivity index (χ0n) is 11.3. The van der Waals surface area contributed by atoms with Crippen LogP contribution >= 0.6 is 11.6 Å². The van der Waals surface area contributed by atoms with Gasteiger partial charge in [0.25, 0.3) is 5.91 Å². The Labute approximate surface area is 127 Å². The largest absolute Gasteiger partial charge is 0.364 e. The van der Waals surface area contributed by atoms with Gasteiger partial charge in [0.1, 0.15) is 5.82 Å². The summed E-state index contributed by atoms with van der Waals surface area (Å²) in [5.41, 5.74) is 1.32. The van der Waals surface area contributed by atoms with E-state index in [9.17, 15) is 4.79 Å². The number of nitrogens with zero attached hydrogens (tertiary/aromatic N) is 2. The molecule has 0 spiro atoms. The SMILES string of the molecule is O=C(NC1CC1)c1ccc(NCc2ccccc2Cl)nn1. The van der Waals surface area contributed by atoms with Crippen molar-refractivity contribution in [2.75, 3.05) is 5.32 Å². The lowest BCUT2D eigenvalue weighted by atomic mass is 10.2. The molecule has 6 heteroatoms. The van der Waals surface area contributed by atoms with Crippen LogP contribution in [0.15, 0.2) is 36.4 Å². The van der Waals surface area contributed by atoms with E-state index in [-0.39, 0.29) is 5.91 Å². The number of rotatable bonds is 5. The third kappa shape index (κ3) is 3.70. The summed E-state index contributed by atoms with van der Waals surface area (Å²) in [7, 11) is 0. The average molecular weight is 303 g/mol. The Morgan fingerprint density at radius 2 is 2.00 bits per heavy atom. The third-order valence-corrected chi connectivity index (χ3v) is 3.60. The maximum atomic E-state index is 11.8. The minimum Gasteiger partial charge on any atom is -0.364 e. The van der Waals surface area contributed by atoms with E-state index < -0.39 is 0 Å². The van der Waals surface area contributed by atoms with Gasteiger partial charge in [-0.2, -0.15) is 0 Å². The Bertz CT molecular complexity index is 640. The van der Waals surface area contributed by atoms with Crippen LogP contribution in [0.5, 0.6) is 0 Å². The van der Waals surface area contributed by atoms with Crippen molar-refractivity contribution in [2.45, 2.75) is 25.4 Å². The first kappa shape index (κ1) is 13.8. The zero-order valence-corrected chi connectivity index (χ0v) is 12.1. The molecule has 1 aliphatic rings. The summed E-state index contributed by atoms with van der Waals surface area (Å²) in [6.07, 6.45) is 2.10. The van der Waals surface area contributed by atoms with Gasteiger partial charge in [-0.1, -0.05) is 29.8 Å². The molecule has 0 unspecified atom stereocenters. The molecule has 1 aromatic carbocycles. The molecule has 3 rings (SSSR count). The quantitative estimate of drug-likeness (QED) is 0.891. The molecule has 108 valence electrons. The number of halogens is 1. The summed E-state index contributed by atoms with van der Waals surface area (Å²) in [6, 6.07) is 11.3. The molecule has 0 radical (unpaired) electrons. The summed E-state index contributed by atoms with van der Waals surface area (Å²) < 4.78 is 0. The molecule has 1 fully saturated rings. The molecule has 1 amide bonds. The second-order valence-corrected chi connectivity index (χ2v) is 5.40. The van der Waals surface area contributed by atoms with Gasteiger partial charge in [-0.25, -0.2) is 0 Å². The number of carbonyl (C=O) groups is 1. The summed E-state index contributed by atoms with van der Waals surface area (Å²) in [6.45, 7) is 0.558. The number of aromatic nitrogens is 2. The van der Waals surface area contributed by atoms with E-state index >= 15 is 0 Å². The van der Waals surface area contributed by atoms with E-state index in [1.165, 1.54) is 0 Å². The average Bonchev–Trinajstić information content (AvgIpc) is 3.31. The minimum absolute atomic E-state index is 0.164. The second-order valence-electron chi connectivity index (χ2n) is 5.00. The number of hydrogen-bond donors (Lipinski definition) is 2. The van der Waals surface area contributed by atoms with Crippen molar-refractivity contribution in [1.29, 1.82) is 0 Å². The first-order valence-corrected chi connectivity index (χ1v) is 7.22. The van der Waals surface area contributed by atoms with E-state index in [1.54, 1.807) is 12.1 Å². The fraction of sp³-hybridized carbons (Fsp3) is 0.267. The van der Waals surface area contributed by atoms with E-state index in [1.807, 2.05) is 24.3 Å². The highest BCUT2D eigenvalue weighted by atomic mass is 35.5. The van der Waals surface area contributed by atoms with Crippen LogP contribution in [0.3, 0.4) is 0 Å². The van der Waals surface area contributed by atoms with Gasteiger partial charge in [-0.05, 0) is 36.6 Å². The van der Waals surface area contributed by atoms with Crippen LogP contribution in [-0.2, 0) is 6.54 Å². The molecule has 1 aromatic heterocycles. The van der Waals surface area contributed by atoms with E-state index in [2.05, 4.69) is 20.8 Å². The molecular formula is C15H15ClN4O. The molecule has 1 heterocycles. The Morgan fingerprint density at radius 1 is 1.19 bits per heavy atom. The standard InChI is InChI=1S/C15H15ClN4O/c16-12-4-2-1-3-10(12)9-17-14-8-7-13(19-20-14)15(21)18-11-5-6-11/h1-4,7-8,11H,5-6,9H2,(H,17,20)(H,18,21). The molecule has 21 heavy (non-hydrogen) atoms. The highest BCUT2D eigenvalue weighted by Gasteiger charge is 2.24. The lowest BCUT2D eigenvalue weighted by molar-refractivity contribution is 0.0945. The van der Waals surface area contributed by atoms with Crippen molar-refractivity contribution in [3.63, 3.8) is 0 Å². The molecule has 0 aliphatic heterocycles. The molecule has 2 N–H and O–H groups in total. The smallest absolute Gasteiger partial charge is 0.272 e. The van der Waals surface area contributed by atoms with Crippen LogP contribution in [0.2, 0.25) is 5.02 Å². The normalized spacial score (nSPS) is 13.8. The number of anilines is 1. The van der Waals surface area contributed by atoms with Gasteiger partial charge in [0.15, 0.2) is 5.69 Å². The highest BCUT2D eigenvalue weighted by molar-refractivity contribution is 6.31. The van der Waals surface area contributed by atoms with Gasteiger partial charge in [0.2, 0.25) is 0 Å². The summed E-state index contributed by atoms with van der Waals surface area (Å²) in [5.74, 6) is 0.445. The van der Waals surface area contributed by atoms with Gasteiger partial charge in [-0.15, -0.1) is 10.2 Å². The number of amides is 1. The lowest BCUT2D eigenvalue weighted by Gasteiger charge is -2.07. The molecule has 1 aliphatic carbocycles. The van der Waals surface area contributed by atoms with E-state index in [0.717, 1.165) is 18.4 Å². The molecule has 2 aromatic rings. The monoisotopic (exact) mass is 302 g/mol. The predicted molar refractivity (Wildman–Crippen MR) is 81.3 cm³/mol. The van der Waals surface area contributed by atoms with Crippen LogP contribution in [0.1, 0.15) is 28.9 Å². The predicted octanol–water partition coefficient (Wildman–Crippen LogP) is 2.63. The van der Waals surface area contributed by atoms with Crippen molar-refractivity contribution in [1.82, 2.24) is 15.5 Å². The molecule has 0 atom stereocenters. The fourth-order valence-corrected chi connectivity index (χ4v) is 2.06. The van der Waals surface area contributed by atoms with Crippen LogP contribution in [0.25, 0.3) is 0 Å². The first-order valence-electron chi connectivity index (χ1n) is 6.84. The van der Waals surface area contributed by atoms with Crippen LogP contribution in [-0.4, -0.2) is 22.1 Å². The Kier molecular flexibility index (Phi) is 4.01. The van der Waals surface area contributed by atoms with Gasteiger partial charge < -0.3 is 10.6 Å². The second kappa shape index (κ2) is 6.10. The number of benzene rings is 1. The van der Waals surface area contributed by atoms with Crippen molar-refractivity contribution in [3.05, 3.63) is 52.7 Å². The van der Waals surface area contributed by atoms with Crippen LogP contribution < -0.4 is 10.6 Å². The fourth-order valence-electron chi connectivity index (χ4n) is 1.86. The molecule has 1 saturated carbocycles. The number of carbonyl (C=O) groups excluding carboxylic acids is 1. The summed E-state index contributed by atoms with van der Waals surface area (Å²) in [4.78, 5) is 11.8. The molecule has 0 saturated heterocycles. The third-order valence-electron chi connectivity index (χ3n) is 3.23. The van der Waals surface area contributed by atoms with Crippen molar-refractivity contribution in [2.24, 2.45) is 0 Å². The number of nitrogens with one attached hydrogen (secondary N) is 2. The highest BCUT2D eigenvalue weighted by Crippen LogP contribution is 2.19. The lowest BCUT2D eigenvalue weighted by Crippen LogP contribution is -2.26. The van der Waals surface area contributed by atoms with Gasteiger partial charge in [0.05, 0.1) is 0 Å².